The van der Waals surface area contributed by atoms with E-state index in [0.717, 1.165) is 32.6 Å². The molecule has 1 amide bonds. The summed E-state index contributed by atoms with van der Waals surface area (Å²) in [7, 11) is 0. The Morgan fingerprint density at radius 1 is 1.60 bits per heavy atom. The van der Waals surface area contributed by atoms with Crippen LogP contribution >= 0.6 is 15.9 Å². The van der Waals surface area contributed by atoms with Crippen LogP contribution < -0.4 is 5.32 Å². The predicted molar refractivity (Wildman–Crippen MR) is 64.1 cm³/mol. The third kappa shape index (κ3) is 4.51. The van der Waals surface area contributed by atoms with Crippen molar-refractivity contribution in [2.24, 2.45) is 11.8 Å². The van der Waals surface area contributed by atoms with Gasteiger partial charge >= 0.3 is 0 Å². The molecule has 88 valence electrons. The van der Waals surface area contributed by atoms with Gasteiger partial charge in [0.1, 0.15) is 0 Å². The fourth-order valence-electron chi connectivity index (χ4n) is 1.61. The second-order valence-corrected chi connectivity index (χ2v) is 5.44. The summed E-state index contributed by atoms with van der Waals surface area (Å²) in [5, 5.41) is 2.95. The SMILES string of the molecule is CC(C)C(Br)C(=O)NCCC1CCOC1. The van der Waals surface area contributed by atoms with Gasteiger partial charge in [0.25, 0.3) is 0 Å². The Morgan fingerprint density at radius 2 is 2.33 bits per heavy atom. The molecule has 2 unspecified atom stereocenters. The Labute approximate surface area is 100 Å². The van der Waals surface area contributed by atoms with Crippen LogP contribution in [-0.4, -0.2) is 30.5 Å². The first-order valence-electron chi connectivity index (χ1n) is 5.60. The van der Waals surface area contributed by atoms with Crippen LogP contribution in [0.15, 0.2) is 0 Å². The van der Waals surface area contributed by atoms with Crippen molar-refractivity contribution < 1.29 is 9.53 Å². The lowest BCUT2D eigenvalue weighted by Gasteiger charge is -2.14. The number of alkyl halides is 1. The van der Waals surface area contributed by atoms with Crippen LogP contribution in [-0.2, 0) is 9.53 Å². The van der Waals surface area contributed by atoms with Gasteiger partial charge in [0.2, 0.25) is 5.91 Å². The van der Waals surface area contributed by atoms with E-state index in [0.29, 0.717) is 11.8 Å². The molecule has 2 atom stereocenters. The van der Waals surface area contributed by atoms with Gasteiger partial charge in [-0.25, -0.2) is 0 Å². The lowest BCUT2D eigenvalue weighted by atomic mass is 10.1. The molecule has 1 fully saturated rings. The zero-order valence-electron chi connectivity index (χ0n) is 9.46. The van der Waals surface area contributed by atoms with Crippen molar-refractivity contribution in [3.8, 4) is 0 Å². The predicted octanol–water partition coefficient (Wildman–Crippen LogP) is 1.95. The Kier molecular flexibility index (Phi) is 5.61. The Balaban J connectivity index is 2.11. The highest BCUT2D eigenvalue weighted by Crippen LogP contribution is 2.16. The molecule has 15 heavy (non-hydrogen) atoms. The quantitative estimate of drug-likeness (QED) is 0.781. The van der Waals surface area contributed by atoms with Gasteiger partial charge in [-0.1, -0.05) is 29.8 Å². The smallest absolute Gasteiger partial charge is 0.234 e. The van der Waals surface area contributed by atoms with Crippen LogP contribution in [0, 0.1) is 11.8 Å². The fourth-order valence-corrected chi connectivity index (χ4v) is 1.77. The maximum Gasteiger partial charge on any atom is 0.234 e. The van der Waals surface area contributed by atoms with Crippen LogP contribution in [0.2, 0.25) is 0 Å². The normalized spacial score (nSPS) is 23.1. The summed E-state index contributed by atoms with van der Waals surface area (Å²) in [6.45, 7) is 6.57. The molecule has 1 N–H and O–H groups in total. The number of rotatable bonds is 5. The van der Waals surface area contributed by atoms with E-state index >= 15 is 0 Å². The van der Waals surface area contributed by atoms with Gasteiger partial charge in [-0.05, 0) is 24.7 Å². The molecule has 0 aromatic carbocycles. The molecule has 1 rings (SSSR count). The highest BCUT2D eigenvalue weighted by Gasteiger charge is 2.19. The van der Waals surface area contributed by atoms with E-state index in [-0.39, 0.29) is 10.7 Å². The zero-order valence-corrected chi connectivity index (χ0v) is 11.0. The molecule has 0 aromatic rings. The molecule has 1 aliphatic rings. The fraction of sp³-hybridized carbons (Fsp3) is 0.909. The molecular weight excluding hydrogens is 258 g/mol. The first-order chi connectivity index (χ1) is 7.11. The molecule has 3 nitrogen and oxygen atoms in total. The molecule has 0 spiro atoms. The summed E-state index contributed by atoms with van der Waals surface area (Å²) >= 11 is 3.38. The summed E-state index contributed by atoms with van der Waals surface area (Å²) < 4.78 is 5.28. The van der Waals surface area contributed by atoms with Gasteiger partial charge in [0.15, 0.2) is 0 Å². The van der Waals surface area contributed by atoms with E-state index in [1.54, 1.807) is 0 Å². The number of carbonyl (C=O) groups excluding carboxylic acids is 1. The number of hydrogen-bond donors (Lipinski definition) is 1. The van der Waals surface area contributed by atoms with Crippen molar-refractivity contribution >= 4 is 21.8 Å². The van der Waals surface area contributed by atoms with Gasteiger partial charge in [0.05, 0.1) is 4.83 Å². The second-order valence-electron chi connectivity index (χ2n) is 4.46. The summed E-state index contributed by atoms with van der Waals surface area (Å²) in [4.78, 5) is 11.5. The van der Waals surface area contributed by atoms with Crippen LogP contribution in [0.3, 0.4) is 0 Å². The van der Waals surface area contributed by atoms with E-state index in [4.69, 9.17) is 4.74 Å². The van der Waals surface area contributed by atoms with Gasteiger partial charge in [-0.2, -0.15) is 0 Å². The minimum Gasteiger partial charge on any atom is -0.381 e. The van der Waals surface area contributed by atoms with Gasteiger partial charge < -0.3 is 10.1 Å². The van der Waals surface area contributed by atoms with Crippen molar-refractivity contribution in [3.05, 3.63) is 0 Å². The maximum atomic E-state index is 11.6. The Morgan fingerprint density at radius 3 is 2.87 bits per heavy atom. The lowest BCUT2D eigenvalue weighted by molar-refractivity contribution is -0.121. The standard InChI is InChI=1S/C11H20BrNO2/c1-8(2)10(12)11(14)13-5-3-9-4-6-15-7-9/h8-10H,3-7H2,1-2H3,(H,13,14). The minimum atomic E-state index is -0.0719. The number of halogens is 1. The number of carbonyl (C=O) groups is 1. The summed E-state index contributed by atoms with van der Waals surface area (Å²) in [5.74, 6) is 1.07. The molecular formula is C11H20BrNO2. The summed E-state index contributed by atoms with van der Waals surface area (Å²) in [6.07, 6.45) is 2.17. The van der Waals surface area contributed by atoms with E-state index in [2.05, 4.69) is 21.2 Å². The molecule has 1 heterocycles. The van der Waals surface area contributed by atoms with Crippen LogP contribution in [0.4, 0.5) is 0 Å². The lowest BCUT2D eigenvalue weighted by Crippen LogP contribution is -2.35. The minimum absolute atomic E-state index is 0.0719. The molecule has 0 aliphatic carbocycles. The Bertz CT molecular complexity index is 203. The van der Waals surface area contributed by atoms with Crippen molar-refractivity contribution in [3.63, 3.8) is 0 Å². The summed E-state index contributed by atoms with van der Waals surface area (Å²) in [6, 6.07) is 0. The molecule has 0 bridgehead atoms. The third-order valence-electron chi connectivity index (χ3n) is 2.71. The van der Waals surface area contributed by atoms with Crippen LogP contribution in [0.25, 0.3) is 0 Å². The first kappa shape index (κ1) is 13.0. The van der Waals surface area contributed by atoms with Crippen LogP contribution in [0.1, 0.15) is 26.7 Å². The van der Waals surface area contributed by atoms with Gasteiger partial charge in [-0.3, -0.25) is 4.79 Å². The maximum absolute atomic E-state index is 11.6. The van der Waals surface area contributed by atoms with Gasteiger partial charge in [-0.15, -0.1) is 0 Å². The van der Waals surface area contributed by atoms with Crippen LogP contribution in [0.5, 0.6) is 0 Å². The third-order valence-corrected chi connectivity index (χ3v) is 4.18. The monoisotopic (exact) mass is 277 g/mol. The van der Waals surface area contributed by atoms with Crippen molar-refractivity contribution in [2.75, 3.05) is 19.8 Å². The number of amides is 1. The zero-order chi connectivity index (χ0) is 11.3. The number of nitrogens with one attached hydrogen (secondary N) is 1. The van der Waals surface area contributed by atoms with Gasteiger partial charge in [0, 0.05) is 19.8 Å². The van der Waals surface area contributed by atoms with Crippen molar-refractivity contribution in [2.45, 2.75) is 31.5 Å². The Hall–Kier alpha value is -0.0900. The molecule has 0 saturated carbocycles. The van der Waals surface area contributed by atoms with E-state index in [1.807, 2.05) is 13.8 Å². The summed E-state index contributed by atoms with van der Waals surface area (Å²) in [5.41, 5.74) is 0. The second kappa shape index (κ2) is 6.48. The topological polar surface area (TPSA) is 38.3 Å². The largest absolute Gasteiger partial charge is 0.381 e. The molecule has 1 aliphatic heterocycles. The van der Waals surface area contributed by atoms with E-state index in [9.17, 15) is 4.79 Å². The van der Waals surface area contributed by atoms with Crippen molar-refractivity contribution in [1.29, 1.82) is 0 Å². The first-order valence-corrected chi connectivity index (χ1v) is 6.52. The average molecular weight is 278 g/mol. The van der Waals surface area contributed by atoms with E-state index in [1.165, 1.54) is 0 Å². The van der Waals surface area contributed by atoms with E-state index < -0.39 is 0 Å². The molecule has 4 heteroatoms. The molecule has 0 radical (unpaired) electrons. The highest BCUT2D eigenvalue weighted by atomic mass is 79.9. The average Bonchev–Trinajstić information content (AvgIpc) is 2.69. The number of ether oxygens (including phenoxy) is 1. The number of hydrogen-bond acceptors (Lipinski definition) is 2. The highest BCUT2D eigenvalue weighted by molar-refractivity contribution is 9.10. The molecule has 0 aromatic heterocycles. The molecule has 1 saturated heterocycles. The van der Waals surface area contributed by atoms with Crippen molar-refractivity contribution in [1.82, 2.24) is 5.32 Å².